The fourth-order valence-corrected chi connectivity index (χ4v) is 2.28. The Morgan fingerprint density at radius 3 is 2.58 bits per heavy atom. The van der Waals surface area contributed by atoms with Crippen LogP contribution in [0, 0.1) is 0 Å². The average molecular weight is 318 g/mol. The van der Waals surface area contributed by atoms with Crippen molar-refractivity contribution >= 4 is 21.7 Å². The second kappa shape index (κ2) is 4.55. The first-order valence-corrected chi connectivity index (χ1v) is 6.53. The highest BCUT2D eigenvalue weighted by Crippen LogP contribution is 2.35. The van der Waals surface area contributed by atoms with Gasteiger partial charge < -0.3 is 5.73 Å². The van der Waals surface area contributed by atoms with Gasteiger partial charge in [-0.05, 0) is 17.7 Å². The molecule has 0 atom stereocenters. The Labute approximate surface area is 118 Å². The third-order valence-corrected chi connectivity index (χ3v) is 3.52. The largest absolute Gasteiger partial charge is 0.383 e. The van der Waals surface area contributed by atoms with Crippen LogP contribution in [0.2, 0.25) is 0 Å². The van der Waals surface area contributed by atoms with Crippen LogP contribution in [0.4, 0.5) is 5.82 Å². The maximum absolute atomic E-state index is 6.14. The zero-order valence-corrected chi connectivity index (χ0v) is 11.8. The van der Waals surface area contributed by atoms with Crippen LogP contribution in [0.25, 0.3) is 22.4 Å². The van der Waals surface area contributed by atoms with Crippen LogP contribution in [-0.2, 0) is 7.05 Å². The number of nitrogens with one attached hydrogen (secondary N) is 1. The molecule has 1 aromatic carbocycles. The SMILES string of the molecule is Cn1nc(-c2cn[nH]c2)c(-c2ccc(Br)cc2)c1N. The van der Waals surface area contributed by atoms with Gasteiger partial charge in [0, 0.05) is 23.3 Å². The molecule has 6 heteroatoms. The predicted octanol–water partition coefficient (Wildman–Crippen LogP) is 2.82. The number of halogens is 1. The topological polar surface area (TPSA) is 72.5 Å². The predicted molar refractivity (Wildman–Crippen MR) is 78.3 cm³/mol. The molecule has 0 aliphatic heterocycles. The van der Waals surface area contributed by atoms with Crippen molar-refractivity contribution in [3.05, 3.63) is 41.1 Å². The number of aromatic amines is 1. The van der Waals surface area contributed by atoms with E-state index in [1.165, 1.54) is 0 Å². The summed E-state index contributed by atoms with van der Waals surface area (Å²) < 4.78 is 2.71. The summed E-state index contributed by atoms with van der Waals surface area (Å²) in [6, 6.07) is 8.00. The van der Waals surface area contributed by atoms with Crippen LogP contribution in [0.5, 0.6) is 0 Å². The van der Waals surface area contributed by atoms with Gasteiger partial charge in [0.15, 0.2) is 0 Å². The van der Waals surface area contributed by atoms with Crippen molar-refractivity contribution in [2.75, 3.05) is 5.73 Å². The number of benzene rings is 1. The number of nitrogens with zero attached hydrogens (tertiary/aromatic N) is 3. The molecule has 0 saturated carbocycles. The monoisotopic (exact) mass is 317 g/mol. The molecule has 0 aliphatic carbocycles. The molecule has 0 aliphatic rings. The number of aromatic nitrogens is 4. The molecule has 0 amide bonds. The fourth-order valence-electron chi connectivity index (χ4n) is 2.02. The Balaban J connectivity index is 2.22. The second-order valence-corrected chi connectivity index (χ2v) is 5.14. The van der Waals surface area contributed by atoms with E-state index < -0.39 is 0 Å². The van der Waals surface area contributed by atoms with E-state index in [2.05, 4.69) is 31.2 Å². The Morgan fingerprint density at radius 1 is 1.21 bits per heavy atom. The number of H-pyrrole nitrogens is 1. The molecule has 3 aromatic rings. The van der Waals surface area contributed by atoms with E-state index in [0.717, 1.165) is 26.9 Å². The quantitative estimate of drug-likeness (QED) is 0.763. The minimum atomic E-state index is 0.638. The third-order valence-electron chi connectivity index (χ3n) is 3.00. The van der Waals surface area contributed by atoms with E-state index in [4.69, 9.17) is 5.73 Å². The molecular weight excluding hydrogens is 306 g/mol. The summed E-state index contributed by atoms with van der Waals surface area (Å²) in [6.07, 6.45) is 3.55. The van der Waals surface area contributed by atoms with Crippen molar-refractivity contribution in [2.24, 2.45) is 7.05 Å². The fraction of sp³-hybridized carbons (Fsp3) is 0.0769. The first-order chi connectivity index (χ1) is 9.16. The molecule has 0 spiro atoms. The number of aryl methyl sites for hydroxylation is 1. The number of anilines is 1. The lowest BCUT2D eigenvalue weighted by atomic mass is 10.0. The molecule has 0 fully saturated rings. The van der Waals surface area contributed by atoms with Crippen molar-refractivity contribution in [1.82, 2.24) is 20.0 Å². The first kappa shape index (κ1) is 12.0. The summed E-state index contributed by atoms with van der Waals surface area (Å²) >= 11 is 3.43. The van der Waals surface area contributed by atoms with E-state index in [9.17, 15) is 0 Å². The molecule has 0 bridgehead atoms. The molecule has 0 saturated heterocycles. The van der Waals surface area contributed by atoms with Crippen LogP contribution in [0.1, 0.15) is 0 Å². The number of hydrogen-bond acceptors (Lipinski definition) is 3. The summed E-state index contributed by atoms with van der Waals surface area (Å²) in [6.45, 7) is 0. The van der Waals surface area contributed by atoms with E-state index in [-0.39, 0.29) is 0 Å². The summed E-state index contributed by atoms with van der Waals surface area (Å²) in [5.41, 5.74) is 9.85. The van der Waals surface area contributed by atoms with E-state index in [1.807, 2.05) is 37.5 Å². The van der Waals surface area contributed by atoms with Crippen molar-refractivity contribution < 1.29 is 0 Å². The van der Waals surface area contributed by atoms with E-state index in [0.29, 0.717) is 5.82 Å². The second-order valence-electron chi connectivity index (χ2n) is 4.23. The van der Waals surface area contributed by atoms with Crippen LogP contribution < -0.4 is 5.73 Å². The van der Waals surface area contributed by atoms with Gasteiger partial charge in [0.1, 0.15) is 11.5 Å². The van der Waals surface area contributed by atoms with Crippen LogP contribution in [0.15, 0.2) is 41.1 Å². The maximum atomic E-state index is 6.14. The van der Waals surface area contributed by atoms with E-state index >= 15 is 0 Å². The highest BCUT2D eigenvalue weighted by molar-refractivity contribution is 9.10. The molecule has 3 N–H and O–H groups in total. The van der Waals surface area contributed by atoms with Gasteiger partial charge in [-0.3, -0.25) is 9.78 Å². The average Bonchev–Trinajstić information content (AvgIpc) is 3.01. The zero-order valence-electron chi connectivity index (χ0n) is 10.3. The Kier molecular flexibility index (Phi) is 2.87. The molecule has 0 radical (unpaired) electrons. The minimum absolute atomic E-state index is 0.638. The van der Waals surface area contributed by atoms with Gasteiger partial charge in [-0.25, -0.2) is 0 Å². The summed E-state index contributed by atoms with van der Waals surface area (Å²) in [5, 5.41) is 11.2. The summed E-state index contributed by atoms with van der Waals surface area (Å²) in [7, 11) is 1.83. The molecule has 2 aromatic heterocycles. The van der Waals surface area contributed by atoms with Crippen LogP contribution in [-0.4, -0.2) is 20.0 Å². The van der Waals surface area contributed by atoms with Crippen molar-refractivity contribution in [1.29, 1.82) is 0 Å². The third kappa shape index (κ3) is 2.04. The zero-order chi connectivity index (χ0) is 13.4. The Hall–Kier alpha value is -2.08. The number of rotatable bonds is 2. The van der Waals surface area contributed by atoms with Gasteiger partial charge in [0.2, 0.25) is 0 Å². The first-order valence-electron chi connectivity index (χ1n) is 5.74. The molecular formula is C13H12BrN5. The van der Waals surface area contributed by atoms with Gasteiger partial charge in [0.25, 0.3) is 0 Å². The lowest BCUT2D eigenvalue weighted by Gasteiger charge is -2.03. The molecule has 3 rings (SSSR count). The maximum Gasteiger partial charge on any atom is 0.129 e. The van der Waals surface area contributed by atoms with E-state index in [1.54, 1.807) is 10.9 Å². The van der Waals surface area contributed by atoms with Gasteiger partial charge in [-0.15, -0.1) is 0 Å². The summed E-state index contributed by atoms with van der Waals surface area (Å²) in [4.78, 5) is 0. The van der Waals surface area contributed by atoms with Gasteiger partial charge >= 0.3 is 0 Å². The lowest BCUT2D eigenvalue weighted by molar-refractivity contribution is 0.782. The highest BCUT2D eigenvalue weighted by atomic mass is 79.9. The molecule has 5 nitrogen and oxygen atoms in total. The van der Waals surface area contributed by atoms with Crippen LogP contribution in [0.3, 0.4) is 0 Å². The lowest BCUT2D eigenvalue weighted by Crippen LogP contribution is -1.97. The van der Waals surface area contributed by atoms with Crippen molar-refractivity contribution in [3.8, 4) is 22.4 Å². The molecule has 96 valence electrons. The van der Waals surface area contributed by atoms with Crippen LogP contribution >= 0.6 is 15.9 Å². The van der Waals surface area contributed by atoms with Gasteiger partial charge in [-0.1, -0.05) is 28.1 Å². The molecule has 19 heavy (non-hydrogen) atoms. The minimum Gasteiger partial charge on any atom is -0.383 e. The molecule has 2 heterocycles. The Bertz CT molecular complexity index is 697. The smallest absolute Gasteiger partial charge is 0.129 e. The van der Waals surface area contributed by atoms with Gasteiger partial charge in [0.05, 0.1) is 11.8 Å². The van der Waals surface area contributed by atoms with Crippen molar-refractivity contribution in [2.45, 2.75) is 0 Å². The number of nitrogens with two attached hydrogens (primary N) is 1. The highest BCUT2D eigenvalue weighted by Gasteiger charge is 2.17. The summed E-state index contributed by atoms with van der Waals surface area (Å²) in [5.74, 6) is 0.638. The van der Waals surface area contributed by atoms with Crippen molar-refractivity contribution in [3.63, 3.8) is 0 Å². The number of nitrogen functional groups attached to an aromatic ring is 1. The van der Waals surface area contributed by atoms with Gasteiger partial charge in [-0.2, -0.15) is 10.2 Å². The standard InChI is InChI=1S/C13H12BrN5/c1-19-13(15)11(8-2-4-10(14)5-3-8)12(18-19)9-6-16-17-7-9/h2-7H,15H2,1H3,(H,16,17). The number of hydrogen-bond donors (Lipinski definition) is 2. The Morgan fingerprint density at radius 2 is 1.95 bits per heavy atom. The molecule has 0 unspecified atom stereocenters. The normalized spacial score (nSPS) is 10.8.